The van der Waals surface area contributed by atoms with Crippen LogP contribution in [0.25, 0.3) is 0 Å². The molecule has 0 unspecified atom stereocenters. The quantitative estimate of drug-likeness (QED) is 0.586. The van der Waals surface area contributed by atoms with Crippen LogP contribution in [0.4, 0.5) is 0 Å². The van der Waals surface area contributed by atoms with E-state index >= 15 is 0 Å². The molecule has 0 aliphatic carbocycles. The molecule has 1 aromatic heterocycles. The first-order valence-electron chi connectivity index (χ1n) is 8.94. The van der Waals surface area contributed by atoms with E-state index in [1.807, 2.05) is 44.2 Å². The number of amides is 1. The highest BCUT2D eigenvalue weighted by Gasteiger charge is 2.12. The van der Waals surface area contributed by atoms with Gasteiger partial charge in [0.25, 0.3) is 5.91 Å². The maximum atomic E-state index is 12.5. The zero-order valence-electron chi connectivity index (χ0n) is 15.7. The number of nitrogens with zero attached hydrogens (tertiary/aromatic N) is 2. The van der Waals surface area contributed by atoms with Crippen LogP contribution in [-0.4, -0.2) is 15.7 Å². The van der Waals surface area contributed by atoms with Gasteiger partial charge in [-0.1, -0.05) is 41.4 Å². The number of benzene rings is 2. The van der Waals surface area contributed by atoms with Gasteiger partial charge in [0.15, 0.2) is 0 Å². The number of ether oxygens (including phenoxy) is 1. The van der Waals surface area contributed by atoms with Crippen molar-refractivity contribution in [2.45, 2.75) is 33.5 Å². The second kappa shape index (κ2) is 9.13. The van der Waals surface area contributed by atoms with E-state index in [1.54, 1.807) is 23.0 Å². The molecular formula is C21H21Cl2N3O2. The molecule has 0 fully saturated rings. The second-order valence-corrected chi connectivity index (χ2v) is 7.17. The van der Waals surface area contributed by atoms with Crippen molar-refractivity contribution in [3.8, 4) is 5.75 Å². The summed E-state index contributed by atoms with van der Waals surface area (Å²) in [5.74, 6) is 0.439. The predicted molar refractivity (Wildman–Crippen MR) is 111 cm³/mol. The van der Waals surface area contributed by atoms with Crippen LogP contribution in [0.15, 0.2) is 48.7 Å². The lowest BCUT2D eigenvalue weighted by Gasteiger charge is -2.11. The zero-order valence-corrected chi connectivity index (χ0v) is 17.2. The normalized spacial score (nSPS) is 10.7. The van der Waals surface area contributed by atoms with Crippen molar-refractivity contribution in [3.05, 3.63) is 81.1 Å². The van der Waals surface area contributed by atoms with Gasteiger partial charge in [0.1, 0.15) is 12.4 Å². The summed E-state index contributed by atoms with van der Waals surface area (Å²) in [6.45, 7) is 5.26. The Bertz CT molecular complexity index is 986. The van der Waals surface area contributed by atoms with Gasteiger partial charge in [0, 0.05) is 12.1 Å². The van der Waals surface area contributed by atoms with E-state index in [0.29, 0.717) is 41.1 Å². The maximum absolute atomic E-state index is 12.5. The van der Waals surface area contributed by atoms with Gasteiger partial charge in [0.05, 0.1) is 28.5 Å². The number of hydrogen-bond acceptors (Lipinski definition) is 3. The molecule has 3 aromatic rings. The fourth-order valence-electron chi connectivity index (χ4n) is 2.79. The van der Waals surface area contributed by atoms with Crippen LogP contribution in [-0.2, 0) is 19.7 Å². The van der Waals surface area contributed by atoms with Gasteiger partial charge >= 0.3 is 0 Å². The summed E-state index contributed by atoms with van der Waals surface area (Å²) in [7, 11) is 0. The summed E-state index contributed by atoms with van der Waals surface area (Å²) >= 11 is 12.3. The molecule has 0 saturated carbocycles. The first kappa shape index (κ1) is 20.2. The van der Waals surface area contributed by atoms with E-state index in [9.17, 15) is 4.79 Å². The van der Waals surface area contributed by atoms with Crippen LogP contribution in [0.1, 0.15) is 34.1 Å². The van der Waals surface area contributed by atoms with Crippen molar-refractivity contribution in [2.75, 3.05) is 0 Å². The number of hydrogen-bond donors (Lipinski definition) is 1. The average molecular weight is 418 g/mol. The van der Waals surface area contributed by atoms with Gasteiger partial charge in [0.2, 0.25) is 0 Å². The van der Waals surface area contributed by atoms with Crippen molar-refractivity contribution >= 4 is 29.1 Å². The molecule has 1 heterocycles. The van der Waals surface area contributed by atoms with Crippen LogP contribution < -0.4 is 10.1 Å². The summed E-state index contributed by atoms with van der Waals surface area (Å²) < 4.78 is 7.57. The Hall–Kier alpha value is -2.50. The molecule has 0 bridgehead atoms. The first-order chi connectivity index (χ1) is 13.5. The molecular weight excluding hydrogens is 397 g/mol. The summed E-state index contributed by atoms with van der Waals surface area (Å²) in [5.41, 5.74) is 3.28. The molecule has 0 aliphatic heterocycles. The Labute approximate surface area is 174 Å². The van der Waals surface area contributed by atoms with E-state index in [4.69, 9.17) is 27.9 Å². The van der Waals surface area contributed by atoms with E-state index in [2.05, 4.69) is 10.4 Å². The standard InChI is InChI=1S/C21H21Cl2N3O2/c1-3-26-19(18(23)11-25-26)12-24-21(27)16-6-4-5-15(10-16)13-28-20-9-14(2)7-8-17(20)22/h4-11H,3,12-13H2,1-2H3,(H,24,27). The van der Waals surface area contributed by atoms with Crippen LogP contribution >= 0.6 is 23.2 Å². The SMILES string of the molecule is CCn1ncc(Cl)c1CNC(=O)c1cccc(COc2cc(C)ccc2Cl)c1. The van der Waals surface area contributed by atoms with E-state index < -0.39 is 0 Å². The molecule has 3 rings (SSSR count). The number of carbonyl (C=O) groups is 1. The minimum atomic E-state index is -0.185. The highest BCUT2D eigenvalue weighted by Crippen LogP contribution is 2.26. The Kier molecular flexibility index (Phi) is 6.60. The van der Waals surface area contributed by atoms with Gasteiger partial charge in [-0.2, -0.15) is 5.10 Å². The Morgan fingerprint density at radius 2 is 2.00 bits per heavy atom. The minimum absolute atomic E-state index is 0.185. The number of aromatic nitrogens is 2. The lowest BCUT2D eigenvalue weighted by Crippen LogP contribution is -2.24. The monoisotopic (exact) mass is 417 g/mol. The van der Waals surface area contributed by atoms with Gasteiger partial charge in [-0.3, -0.25) is 9.48 Å². The zero-order chi connectivity index (χ0) is 20.1. The number of aryl methyl sites for hydroxylation is 2. The third-order valence-electron chi connectivity index (χ3n) is 4.28. The first-order valence-corrected chi connectivity index (χ1v) is 9.69. The number of nitrogens with one attached hydrogen (secondary N) is 1. The van der Waals surface area contributed by atoms with E-state index in [-0.39, 0.29) is 5.91 Å². The van der Waals surface area contributed by atoms with Crippen molar-refractivity contribution in [2.24, 2.45) is 0 Å². The fraction of sp³-hybridized carbons (Fsp3) is 0.238. The summed E-state index contributed by atoms with van der Waals surface area (Å²) in [6, 6.07) is 12.9. The number of carbonyl (C=O) groups excluding carboxylic acids is 1. The number of rotatable bonds is 7. The smallest absolute Gasteiger partial charge is 0.251 e. The largest absolute Gasteiger partial charge is 0.487 e. The maximum Gasteiger partial charge on any atom is 0.251 e. The summed E-state index contributed by atoms with van der Waals surface area (Å²) in [6.07, 6.45) is 1.58. The molecule has 0 spiro atoms. The summed E-state index contributed by atoms with van der Waals surface area (Å²) in [5, 5.41) is 8.16. The molecule has 2 aromatic carbocycles. The van der Waals surface area contributed by atoms with Gasteiger partial charge in [-0.15, -0.1) is 0 Å². The Morgan fingerprint density at radius 3 is 2.79 bits per heavy atom. The fourth-order valence-corrected chi connectivity index (χ4v) is 3.17. The second-order valence-electron chi connectivity index (χ2n) is 6.36. The molecule has 0 aliphatic rings. The van der Waals surface area contributed by atoms with Gasteiger partial charge < -0.3 is 10.1 Å². The van der Waals surface area contributed by atoms with Crippen LogP contribution in [0.5, 0.6) is 5.75 Å². The van der Waals surface area contributed by atoms with Crippen LogP contribution in [0, 0.1) is 6.92 Å². The van der Waals surface area contributed by atoms with Crippen LogP contribution in [0.2, 0.25) is 10.0 Å². The molecule has 7 heteroatoms. The number of halogens is 2. The highest BCUT2D eigenvalue weighted by atomic mass is 35.5. The Morgan fingerprint density at radius 1 is 1.18 bits per heavy atom. The van der Waals surface area contributed by atoms with E-state index in [1.165, 1.54) is 0 Å². The van der Waals surface area contributed by atoms with Crippen molar-refractivity contribution in [3.63, 3.8) is 0 Å². The third kappa shape index (κ3) is 4.86. The van der Waals surface area contributed by atoms with Gasteiger partial charge in [-0.05, 0) is 49.2 Å². The summed E-state index contributed by atoms with van der Waals surface area (Å²) in [4.78, 5) is 12.5. The molecule has 0 saturated heterocycles. The van der Waals surface area contributed by atoms with Crippen molar-refractivity contribution < 1.29 is 9.53 Å². The van der Waals surface area contributed by atoms with Crippen LogP contribution in [0.3, 0.4) is 0 Å². The molecule has 28 heavy (non-hydrogen) atoms. The molecule has 5 nitrogen and oxygen atoms in total. The van der Waals surface area contributed by atoms with Crippen molar-refractivity contribution in [1.82, 2.24) is 15.1 Å². The topological polar surface area (TPSA) is 56.2 Å². The molecule has 1 amide bonds. The molecule has 1 N–H and O–H groups in total. The predicted octanol–water partition coefficient (Wildman–Crippen LogP) is 5.03. The third-order valence-corrected chi connectivity index (χ3v) is 4.91. The minimum Gasteiger partial charge on any atom is -0.487 e. The van der Waals surface area contributed by atoms with Crippen molar-refractivity contribution in [1.29, 1.82) is 0 Å². The highest BCUT2D eigenvalue weighted by molar-refractivity contribution is 6.32. The lowest BCUT2D eigenvalue weighted by atomic mass is 10.1. The molecule has 146 valence electrons. The lowest BCUT2D eigenvalue weighted by molar-refractivity contribution is 0.0949. The molecule has 0 radical (unpaired) electrons. The Balaban J connectivity index is 1.64. The molecule has 0 atom stereocenters. The average Bonchev–Trinajstić information content (AvgIpc) is 3.06. The van der Waals surface area contributed by atoms with Gasteiger partial charge in [-0.25, -0.2) is 0 Å². The van der Waals surface area contributed by atoms with E-state index in [0.717, 1.165) is 16.8 Å².